The third-order valence-electron chi connectivity index (χ3n) is 6.53. The summed E-state index contributed by atoms with van der Waals surface area (Å²) in [6.45, 7) is 3.07. The lowest BCUT2D eigenvalue weighted by Crippen LogP contribution is -2.44. The van der Waals surface area contributed by atoms with Crippen LogP contribution < -0.4 is 20.7 Å². The fourth-order valence-electron chi connectivity index (χ4n) is 4.50. The van der Waals surface area contributed by atoms with Crippen LogP contribution in [0.15, 0.2) is 66.7 Å². The van der Waals surface area contributed by atoms with E-state index in [2.05, 4.69) is 34.2 Å². The van der Waals surface area contributed by atoms with Gasteiger partial charge in [0, 0.05) is 6.54 Å². The molecule has 0 amide bonds. The van der Waals surface area contributed by atoms with Crippen molar-refractivity contribution in [2.24, 2.45) is 0 Å². The van der Waals surface area contributed by atoms with Crippen molar-refractivity contribution in [1.29, 1.82) is 5.26 Å². The van der Waals surface area contributed by atoms with E-state index in [1.807, 2.05) is 54.6 Å². The molecule has 0 unspecified atom stereocenters. The molecule has 7 heteroatoms. The molecule has 0 radical (unpaired) electrons. The quantitative estimate of drug-likeness (QED) is 0.364. The number of anilines is 2. The molecule has 0 aliphatic carbocycles. The maximum absolute atomic E-state index is 11.4. The Hall–Kier alpha value is -4.02. The van der Waals surface area contributed by atoms with Gasteiger partial charge < -0.3 is 25.8 Å². The van der Waals surface area contributed by atoms with E-state index in [4.69, 9.17) is 4.74 Å². The average molecular weight is 471 g/mol. The highest BCUT2D eigenvalue weighted by Gasteiger charge is 2.28. The van der Waals surface area contributed by atoms with Crippen LogP contribution in [0, 0.1) is 11.3 Å². The highest BCUT2D eigenvalue weighted by atomic mass is 16.5. The highest BCUT2D eigenvalue weighted by Crippen LogP contribution is 2.33. The molecule has 3 atom stereocenters. The summed E-state index contributed by atoms with van der Waals surface area (Å²) in [5.41, 5.74) is 5.28. The normalized spacial score (nSPS) is 16.1. The maximum atomic E-state index is 11.4. The van der Waals surface area contributed by atoms with Crippen LogP contribution in [-0.4, -0.2) is 37.3 Å². The number of carboxylic acids is 1. The van der Waals surface area contributed by atoms with Crippen molar-refractivity contribution >= 4 is 17.3 Å². The Balaban J connectivity index is 1.51. The molecule has 3 aromatic rings. The van der Waals surface area contributed by atoms with Crippen molar-refractivity contribution in [3.05, 3.63) is 89.0 Å². The number of para-hydroxylation sites is 1. The molecule has 3 aromatic carbocycles. The first-order valence-electron chi connectivity index (χ1n) is 11.7. The first-order valence-corrected chi connectivity index (χ1v) is 11.7. The van der Waals surface area contributed by atoms with Gasteiger partial charge in [0.15, 0.2) is 0 Å². The third kappa shape index (κ3) is 5.39. The van der Waals surface area contributed by atoms with Gasteiger partial charge in [-0.25, -0.2) is 0 Å². The van der Waals surface area contributed by atoms with Crippen LogP contribution in [0.25, 0.3) is 0 Å². The molecule has 4 N–H and O–H groups in total. The van der Waals surface area contributed by atoms with E-state index in [1.54, 1.807) is 14.0 Å². The molecule has 35 heavy (non-hydrogen) atoms. The zero-order valence-electron chi connectivity index (χ0n) is 19.9. The minimum absolute atomic E-state index is 0.000833. The van der Waals surface area contributed by atoms with Crippen LogP contribution in [0.4, 0.5) is 11.4 Å². The van der Waals surface area contributed by atoms with Crippen molar-refractivity contribution in [2.45, 2.75) is 31.3 Å². The molecule has 4 rings (SSSR count). The summed E-state index contributed by atoms with van der Waals surface area (Å²) >= 11 is 0. The Bertz CT molecular complexity index is 1220. The van der Waals surface area contributed by atoms with Gasteiger partial charge in [0.05, 0.1) is 42.0 Å². The third-order valence-corrected chi connectivity index (χ3v) is 6.53. The van der Waals surface area contributed by atoms with Crippen LogP contribution in [0.1, 0.15) is 41.1 Å². The summed E-state index contributed by atoms with van der Waals surface area (Å²) in [5, 5.41) is 29.6. The lowest BCUT2D eigenvalue weighted by Gasteiger charge is -2.35. The number of hydrogen-bond donors (Lipinski definition) is 4. The number of ether oxygens (including phenoxy) is 1. The predicted octanol–water partition coefficient (Wildman–Crippen LogP) is 4.53. The maximum Gasteiger partial charge on any atom is 0.310 e. The summed E-state index contributed by atoms with van der Waals surface area (Å²) in [6.07, 6.45) is 0.717. The molecule has 0 bridgehead atoms. The number of aliphatic carboxylic acids is 1. The van der Waals surface area contributed by atoms with E-state index in [1.165, 1.54) is 0 Å². The Morgan fingerprint density at radius 2 is 1.97 bits per heavy atom. The SMILES string of the molecule is COc1cc([C@H](C)C(=O)O)ccc1CCN[C@H](c1ccccc1)[C@H]1CNc2cccc(C#N)c2N1. The van der Waals surface area contributed by atoms with Gasteiger partial charge in [-0.3, -0.25) is 4.79 Å². The monoisotopic (exact) mass is 470 g/mol. The number of fused-ring (bicyclic) bond motifs is 1. The zero-order valence-corrected chi connectivity index (χ0v) is 19.9. The van der Waals surface area contributed by atoms with Gasteiger partial charge in [-0.1, -0.05) is 48.5 Å². The number of hydrogen-bond acceptors (Lipinski definition) is 6. The van der Waals surface area contributed by atoms with E-state index in [9.17, 15) is 15.2 Å². The highest BCUT2D eigenvalue weighted by molar-refractivity contribution is 5.77. The summed E-state index contributed by atoms with van der Waals surface area (Å²) in [7, 11) is 1.61. The molecule has 1 aliphatic heterocycles. The van der Waals surface area contributed by atoms with Crippen molar-refractivity contribution in [3.63, 3.8) is 0 Å². The van der Waals surface area contributed by atoms with Crippen molar-refractivity contribution in [1.82, 2.24) is 5.32 Å². The molecular formula is C28H30N4O3. The zero-order chi connectivity index (χ0) is 24.8. The van der Waals surface area contributed by atoms with Gasteiger partial charge in [0.25, 0.3) is 0 Å². The van der Waals surface area contributed by atoms with E-state index < -0.39 is 11.9 Å². The van der Waals surface area contributed by atoms with E-state index in [0.717, 1.165) is 28.1 Å². The molecule has 0 saturated carbocycles. The number of nitrogens with zero attached hydrogens (tertiary/aromatic N) is 1. The van der Waals surface area contributed by atoms with Crippen LogP contribution in [0.5, 0.6) is 5.75 Å². The first-order chi connectivity index (χ1) is 17.0. The number of carboxylic acid groups (broad SMARTS) is 1. The topological polar surface area (TPSA) is 106 Å². The molecular weight excluding hydrogens is 440 g/mol. The van der Waals surface area contributed by atoms with Crippen LogP contribution >= 0.6 is 0 Å². The average Bonchev–Trinajstić information content (AvgIpc) is 2.90. The van der Waals surface area contributed by atoms with Gasteiger partial charge in [-0.05, 0) is 54.8 Å². The number of benzene rings is 3. The molecule has 7 nitrogen and oxygen atoms in total. The number of nitrogens with one attached hydrogen (secondary N) is 3. The Kier molecular flexibility index (Phi) is 7.54. The second-order valence-corrected chi connectivity index (χ2v) is 8.70. The Labute approximate surface area is 205 Å². The fraction of sp³-hybridized carbons (Fsp3) is 0.286. The molecule has 180 valence electrons. The largest absolute Gasteiger partial charge is 0.496 e. The lowest BCUT2D eigenvalue weighted by atomic mass is 9.95. The molecule has 0 fully saturated rings. The van der Waals surface area contributed by atoms with Gasteiger partial charge in [-0.2, -0.15) is 5.26 Å². The van der Waals surface area contributed by atoms with Gasteiger partial charge in [0.1, 0.15) is 11.8 Å². The van der Waals surface area contributed by atoms with Gasteiger partial charge in [0.2, 0.25) is 0 Å². The second-order valence-electron chi connectivity index (χ2n) is 8.70. The predicted molar refractivity (Wildman–Crippen MR) is 137 cm³/mol. The molecule has 1 aliphatic rings. The van der Waals surface area contributed by atoms with Gasteiger partial charge in [-0.15, -0.1) is 0 Å². The van der Waals surface area contributed by atoms with Crippen LogP contribution in [0.2, 0.25) is 0 Å². The molecule has 0 saturated heterocycles. The van der Waals surface area contributed by atoms with Crippen LogP contribution in [0.3, 0.4) is 0 Å². The Morgan fingerprint density at radius 3 is 2.69 bits per heavy atom. The minimum Gasteiger partial charge on any atom is -0.496 e. The fourth-order valence-corrected chi connectivity index (χ4v) is 4.50. The van der Waals surface area contributed by atoms with E-state index in [-0.39, 0.29) is 12.1 Å². The standard InChI is InChI=1S/C28H30N4O3/c1-18(28(33)34)21-12-11-19(25(15-21)35-2)13-14-30-26(20-7-4-3-5-8-20)24-17-31-23-10-6-9-22(16-29)27(23)32-24/h3-12,15,18,24,26,30-32H,13-14,17H2,1-2H3,(H,33,34)/t18-,24+,26+/m0/s1. The number of nitriles is 1. The smallest absolute Gasteiger partial charge is 0.310 e. The minimum atomic E-state index is -0.859. The van der Waals surface area contributed by atoms with Crippen molar-refractivity contribution < 1.29 is 14.6 Å². The lowest BCUT2D eigenvalue weighted by molar-refractivity contribution is -0.138. The first kappa shape index (κ1) is 24.1. The summed E-state index contributed by atoms with van der Waals surface area (Å²) in [6, 6.07) is 23.9. The van der Waals surface area contributed by atoms with Crippen molar-refractivity contribution in [3.8, 4) is 11.8 Å². The summed E-state index contributed by atoms with van der Waals surface area (Å²) in [4.78, 5) is 11.4. The van der Waals surface area contributed by atoms with E-state index in [0.29, 0.717) is 30.8 Å². The molecule has 0 spiro atoms. The summed E-state index contributed by atoms with van der Waals surface area (Å²) < 4.78 is 5.57. The molecule has 0 aromatic heterocycles. The second kappa shape index (κ2) is 10.9. The summed E-state index contributed by atoms with van der Waals surface area (Å²) in [5.74, 6) is -0.759. The number of rotatable bonds is 9. The number of methoxy groups -OCH3 is 1. The van der Waals surface area contributed by atoms with E-state index >= 15 is 0 Å². The molecule has 1 heterocycles. The number of carbonyl (C=O) groups is 1. The van der Waals surface area contributed by atoms with Crippen LogP contribution in [-0.2, 0) is 11.2 Å². The van der Waals surface area contributed by atoms with Crippen molar-refractivity contribution in [2.75, 3.05) is 30.8 Å². The Morgan fingerprint density at radius 1 is 1.17 bits per heavy atom. The van der Waals surface area contributed by atoms with Gasteiger partial charge >= 0.3 is 5.97 Å².